The molecule has 0 aromatic heterocycles. The van der Waals surface area contributed by atoms with E-state index in [1.54, 1.807) is 6.92 Å². The zero-order valence-electron chi connectivity index (χ0n) is 12.8. The van der Waals surface area contributed by atoms with Gasteiger partial charge in [-0.15, -0.1) is 0 Å². The normalized spacial score (nSPS) is 18.3. The molecule has 1 aliphatic rings. The maximum absolute atomic E-state index is 13.1. The molecule has 0 unspecified atom stereocenters. The van der Waals surface area contributed by atoms with Gasteiger partial charge in [-0.2, -0.15) is 0 Å². The molecule has 1 heterocycles. The quantitative estimate of drug-likeness (QED) is 0.927. The highest BCUT2D eigenvalue weighted by Crippen LogP contribution is 2.19. The first kappa shape index (κ1) is 16.4. The first-order chi connectivity index (χ1) is 9.79. The summed E-state index contributed by atoms with van der Waals surface area (Å²) in [5.41, 5.74) is 0.433. The third-order valence-corrected chi connectivity index (χ3v) is 5.69. The Morgan fingerprint density at radius 3 is 2.43 bits per heavy atom. The number of piperidine rings is 1. The molecule has 0 spiro atoms. The lowest BCUT2D eigenvalue weighted by atomic mass is 10.1. The minimum absolute atomic E-state index is 0.0468. The van der Waals surface area contributed by atoms with Crippen molar-refractivity contribution < 1.29 is 12.8 Å². The van der Waals surface area contributed by atoms with Crippen molar-refractivity contribution in [1.29, 1.82) is 0 Å². The fourth-order valence-electron chi connectivity index (χ4n) is 2.73. The largest absolute Gasteiger partial charge is 0.301 e. The second-order valence-electron chi connectivity index (χ2n) is 5.94. The van der Waals surface area contributed by atoms with Crippen molar-refractivity contribution in [2.75, 3.05) is 13.1 Å². The number of nitrogens with zero attached hydrogens (tertiary/aromatic N) is 1. The second-order valence-corrected chi connectivity index (χ2v) is 7.62. The number of hydrogen-bond acceptors (Lipinski definition) is 3. The van der Waals surface area contributed by atoms with Gasteiger partial charge in [0.15, 0.2) is 0 Å². The maximum atomic E-state index is 13.1. The Kier molecular flexibility index (Phi) is 5.01. The molecular formula is C15H23FN2O2S. The van der Waals surface area contributed by atoms with Crippen LogP contribution in [-0.4, -0.2) is 38.5 Å². The lowest BCUT2D eigenvalue weighted by Gasteiger charge is -2.34. The van der Waals surface area contributed by atoms with Crippen molar-refractivity contribution in [2.45, 2.75) is 50.6 Å². The Hall–Kier alpha value is -0.980. The van der Waals surface area contributed by atoms with Gasteiger partial charge in [-0.1, -0.05) is 0 Å². The predicted molar refractivity (Wildman–Crippen MR) is 81.2 cm³/mol. The number of likely N-dealkylation sites (tertiary alicyclic amines) is 1. The highest BCUT2D eigenvalue weighted by atomic mass is 32.2. The molecular weight excluding hydrogens is 291 g/mol. The van der Waals surface area contributed by atoms with E-state index >= 15 is 0 Å². The molecule has 2 rings (SSSR count). The molecule has 1 fully saturated rings. The lowest BCUT2D eigenvalue weighted by molar-refractivity contribution is 0.168. The molecule has 1 saturated heterocycles. The van der Waals surface area contributed by atoms with Crippen LogP contribution in [0.15, 0.2) is 23.1 Å². The standard InChI is InChI=1S/C15H23FN2O2S/c1-11(2)18-8-6-14(7-9-18)17-21(19,20)15-5-4-13(16)10-12(15)3/h4-5,10-11,14,17H,6-9H2,1-3H3. The van der Waals surface area contributed by atoms with Gasteiger partial charge in [0.25, 0.3) is 0 Å². The van der Waals surface area contributed by atoms with Crippen molar-refractivity contribution in [1.82, 2.24) is 9.62 Å². The first-order valence-corrected chi connectivity index (χ1v) is 8.80. The summed E-state index contributed by atoms with van der Waals surface area (Å²) < 4.78 is 40.6. The van der Waals surface area contributed by atoms with Gasteiger partial charge in [-0.3, -0.25) is 0 Å². The molecule has 118 valence electrons. The van der Waals surface area contributed by atoms with Gasteiger partial charge in [-0.05, 0) is 70.5 Å². The van der Waals surface area contributed by atoms with Crippen molar-refractivity contribution in [3.8, 4) is 0 Å². The maximum Gasteiger partial charge on any atom is 0.241 e. The third-order valence-electron chi connectivity index (χ3n) is 4.01. The van der Waals surface area contributed by atoms with Gasteiger partial charge in [-0.25, -0.2) is 17.5 Å². The molecule has 6 heteroatoms. The molecule has 21 heavy (non-hydrogen) atoms. The highest BCUT2D eigenvalue weighted by molar-refractivity contribution is 7.89. The van der Waals surface area contributed by atoms with E-state index in [1.807, 2.05) is 0 Å². The molecule has 1 aromatic rings. The summed E-state index contributed by atoms with van der Waals surface area (Å²) in [6.45, 7) is 7.69. The number of hydrogen-bond donors (Lipinski definition) is 1. The van der Waals surface area contributed by atoms with E-state index in [2.05, 4.69) is 23.5 Å². The average Bonchev–Trinajstić information content (AvgIpc) is 2.38. The highest BCUT2D eigenvalue weighted by Gasteiger charge is 2.26. The van der Waals surface area contributed by atoms with Crippen LogP contribution in [0.1, 0.15) is 32.3 Å². The summed E-state index contributed by atoms with van der Waals surface area (Å²) in [5, 5.41) is 0. The number of halogens is 1. The van der Waals surface area contributed by atoms with Crippen molar-refractivity contribution in [2.24, 2.45) is 0 Å². The van der Waals surface area contributed by atoms with E-state index in [1.165, 1.54) is 18.2 Å². The SMILES string of the molecule is Cc1cc(F)ccc1S(=O)(=O)NC1CCN(C(C)C)CC1. The average molecular weight is 314 g/mol. The summed E-state index contributed by atoms with van der Waals surface area (Å²) in [5.74, 6) is -0.420. The van der Waals surface area contributed by atoms with Crippen molar-refractivity contribution in [3.05, 3.63) is 29.6 Å². The molecule has 1 N–H and O–H groups in total. The van der Waals surface area contributed by atoms with Gasteiger partial charge < -0.3 is 4.90 Å². The van der Waals surface area contributed by atoms with Crippen LogP contribution in [0, 0.1) is 12.7 Å². The predicted octanol–water partition coefficient (Wildman–Crippen LogP) is 2.29. The summed E-state index contributed by atoms with van der Waals surface area (Å²) in [6.07, 6.45) is 1.61. The number of rotatable bonds is 4. The molecule has 0 radical (unpaired) electrons. The van der Waals surface area contributed by atoms with Crippen LogP contribution in [0.5, 0.6) is 0 Å². The van der Waals surface area contributed by atoms with Gasteiger partial charge in [0.1, 0.15) is 5.82 Å². The number of aryl methyl sites for hydroxylation is 1. The summed E-state index contributed by atoms with van der Waals surface area (Å²) in [4.78, 5) is 2.50. The number of sulfonamides is 1. The zero-order valence-corrected chi connectivity index (χ0v) is 13.6. The van der Waals surface area contributed by atoms with E-state index in [0.717, 1.165) is 25.9 Å². The molecule has 0 saturated carbocycles. The Bertz CT molecular complexity index is 594. The summed E-state index contributed by atoms with van der Waals surface area (Å²) in [6, 6.07) is 4.20. The Morgan fingerprint density at radius 2 is 1.90 bits per heavy atom. The van der Waals surface area contributed by atoms with Gasteiger partial charge >= 0.3 is 0 Å². The zero-order chi connectivity index (χ0) is 15.6. The first-order valence-electron chi connectivity index (χ1n) is 7.32. The molecule has 0 amide bonds. The van der Waals surface area contributed by atoms with Crippen molar-refractivity contribution in [3.63, 3.8) is 0 Å². The molecule has 1 aliphatic heterocycles. The Morgan fingerprint density at radius 1 is 1.29 bits per heavy atom. The van der Waals surface area contributed by atoms with Crippen LogP contribution in [0.25, 0.3) is 0 Å². The molecule has 0 bridgehead atoms. The topological polar surface area (TPSA) is 49.4 Å². The monoisotopic (exact) mass is 314 g/mol. The van der Waals surface area contributed by atoms with Gasteiger partial charge in [0, 0.05) is 12.1 Å². The van der Waals surface area contributed by atoms with E-state index in [4.69, 9.17) is 0 Å². The Balaban J connectivity index is 2.05. The Labute approximate surface area is 126 Å². The minimum Gasteiger partial charge on any atom is -0.301 e. The van der Waals surface area contributed by atoms with Crippen LogP contribution in [0.4, 0.5) is 4.39 Å². The number of nitrogens with one attached hydrogen (secondary N) is 1. The summed E-state index contributed by atoms with van der Waals surface area (Å²) >= 11 is 0. The van der Waals surface area contributed by atoms with E-state index in [0.29, 0.717) is 11.6 Å². The van der Waals surface area contributed by atoms with Crippen LogP contribution in [0.3, 0.4) is 0 Å². The molecule has 0 atom stereocenters. The van der Waals surface area contributed by atoms with Gasteiger partial charge in [0.2, 0.25) is 10.0 Å². The smallest absolute Gasteiger partial charge is 0.241 e. The van der Waals surface area contributed by atoms with Crippen LogP contribution in [-0.2, 0) is 10.0 Å². The fraction of sp³-hybridized carbons (Fsp3) is 0.600. The lowest BCUT2D eigenvalue weighted by Crippen LogP contribution is -2.46. The van der Waals surface area contributed by atoms with Crippen LogP contribution >= 0.6 is 0 Å². The second kappa shape index (κ2) is 6.42. The molecule has 4 nitrogen and oxygen atoms in total. The number of benzene rings is 1. The summed E-state index contributed by atoms with van der Waals surface area (Å²) in [7, 11) is -3.58. The van der Waals surface area contributed by atoms with Crippen LogP contribution < -0.4 is 4.72 Å². The molecule has 0 aliphatic carbocycles. The van der Waals surface area contributed by atoms with E-state index in [-0.39, 0.29) is 10.9 Å². The molecule has 1 aromatic carbocycles. The fourth-order valence-corrected chi connectivity index (χ4v) is 4.26. The van der Waals surface area contributed by atoms with Crippen molar-refractivity contribution >= 4 is 10.0 Å². The van der Waals surface area contributed by atoms with Gasteiger partial charge in [0.05, 0.1) is 4.90 Å². The minimum atomic E-state index is -3.58. The third kappa shape index (κ3) is 4.02. The van der Waals surface area contributed by atoms with E-state index < -0.39 is 15.8 Å². The van der Waals surface area contributed by atoms with E-state index in [9.17, 15) is 12.8 Å². The van der Waals surface area contributed by atoms with Crippen LogP contribution in [0.2, 0.25) is 0 Å².